The lowest BCUT2D eigenvalue weighted by Gasteiger charge is -2.22. The summed E-state index contributed by atoms with van der Waals surface area (Å²) >= 11 is 2.15. The van der Waals surface area contributed by atoms with Crippen LogP contribution in [0.1, 0.15) is 26.3 Å². The second kappa shape index (κ2) is 4.03. The highest BCUT2D eigenvalue weighted by Crippen LogP contribution is 2.29. The fraction of sp³-hybridized carbons (Fsp3) is 0.400. The number of benzene rings is 1. The van der Waals surface area contributed by atoms with Crippen LogP contribution in [0.15, 0.2) is 23.1 Å². The molecule has 0 atom stereocenters. The molecular formula is C10H14INO2S. The van der Waals surface area contributed by atoms with Gasteiger partial charge in [0.1, 0.15) is 0 Å². The van der Waals surface area contributed by atoms with E-state index in [2.05, 4.69) is 22.6 Å². The second-order valence-electron chi connectivity index (χ2n) is 4.44. The van der Waals surface area contributed by atoms with Gasteiger partial charge in [0.2, 0.25) is 10.0 Å². The van der Waals surface area contributed by atoms with Crippen molar-refractivity contribution in [1.29, 1.82) is 0 Å². The van der Waals surface area contributed by atoms with E-state index in [1.54, 1.807) is 12.1 Å². The zero-order chi connectivity index (χ0) is 11.9. The van der Waals surface area contributed by atoms with Gasteiger partial charge in [-0.05, 0) is 51.8 Å². The van der Waals surface area contributed by atoms with E-state index >= 15 is 0 Å². The van der Waals surface area contributed by atoms with Crippen LogP contribution in [-0.4, -0.2) is 8.42 Å². The van der Waals surface area contributed by atoms with Crippen molar-refractivity contribution in [3.8, 4) is 0 Å². The summed E-state index contributed by atoms with van der Waals surface area (Å²) in [4.78, 5) is 0.218. The Labute approximate surface area is 104 Å². The first kappa shape index (κ1) is 12.9. The van der Waals surface area contributed by atoms with Gasteiger partial charge in [-0.3, -0.25) is 0 Å². The van der Waals surface area contributed by atoms with Crippen LogP contribution < -0.4 is 5.14 Å². The number of hydrogen-bond acceptors (Lipinski definition) is 2. The topological polar surface area (TPSA) is 60.2 Å². The van der Waals surface area contributed by atoms with Crippen molar-refractivity contribution in [3.05, 3.63) is 27.3 Å². The number of sulfonamides is 1. The largest absolute Gasteiger partial charge is 0.238 e. The van der Waals surface area contributed by atoms with Crippen LogP contribution >= 0.6 is 22.6 Å². The molecule has 0 aromatic heterocycles. The van der Waals surface area contributed by atoms with Crippen molar-refractivity contribution in [3.63, 3.8) is 0 Å². The maximum Gasteiger partial charge on any atom is 0.238 e. The third-order valence-electron chi connectivity index (χ3n) is 2.06. The number of nitrogens with two attached hydrogens (primary N) is 1. The first-order valence-electron chi connectivity index (χ1n) is 4.45. The van der Waals surface area contributed by atoms with Gasteiger partial charge >= 0.3 is 0 Å². The molecule has 3 nitrogen and oxygen atoms in total. The van der Waals surface area contributed by atoms with Crippen molar-refractivity contribution >= 4 is 32.6 Å². The molecule has 0 spiro atoms. The molecule has 0 saturated heterocycles. The van der Waals surface area contributed by atoms with E-state index in [-0.39, 0.29) is 10.3 Å². The Morgan fingerprint density at radius 2 is 1.80 bits per heavy atom. The van der Waals surface area contributed by atoms with Crippen LogP contribution in [0.25, 0.3) is 0 Å². The average molecular weight is 339 g/mol. The molecule has 1 rings (SSSR count). The minimum Gasteiger partial charge on any atom is -0.225 e. The standard InChI is InChI=1S/C10H14INO2S/c1-10(2,3)8-6-7(11)4-5-9(8)15(12,13)14/h4-6H,1-3H3,(H2,12,13,14). The number of primary sulfonamides is 1. The molecule has 0 unspecified atom stereocenters. The maximum atomic E-state index is 11.4. The van der Waals surface area contributed by atoms with Gasteiger partial charge in [-0.15, -0.1) is 0 Å². The summed E-state index contributed by atoms with van der Waals surface area (Å²) in [6.45, 7) is 5.90. The molecule has 0 radical (unpaired) electrons. The first-order chi connectivity index (χ1) is 6.62. The SMILES string of the molecule is CC(C)(C)c1cc(I)ccc1S(N)(=O)=O. The Morgan fingerprint density at radius 1 is 1.27 bits per heavy atom. The smallest absolute Gasteiger partial charge is 0.225 e. The van der Waals surface area contributed by atoms with E-state index in [4.69, 9.17) is 5.14 Å². The Balaban J connectivity index is 3.55. The van der Waals surface area contributed by atoms with Gasteiger partial charge in [0, 0.05) is 3.57 Å². The van der Waals surface area contributed by atoms with Crippen LogP contribution in [0.2, 0.25) is 0 Å². The minimum absolute atomic E-state index is 0.218. The lowest BCUT2D eigenvalue weighted by molar-refractivity contribution is 0.561. The maximum absolute atomic E-state index is 11.4. The molecule has 0 fully saturated rings. The molecule has 84 valence electrons. The summed E-state index contributed by atoms with van der Waals surface area (Å²) in [6, 6.07) is 5.17. The third-order valence-corrected chi connectivity index (χ3v) is 3.70. The molecule has 0 aliphatic heterocycles. The van der Waals surface area contributed by atoms with Gasteiger partial charge < -0.3 is 0 Å². The van der Waals surface area contributed by atoms with Crippen molar-refractivity contribution < 1.29 is 8.42 Å². The van der Waals surface area contributed by atoms with Gasteiger partial charge in [0.25, 0.3) is 0 Å². The predicted octanol–water partition coefficient (Wildman–Crippen LogP) is 2.24. The first-order valence-corrected chi connectivity index (χ1v) is 7.08. The van der Waals surface area contributed by atoms with Crippen LogP contribution in [0.3, 0.4) is 0 Å². The van der Waals surface area contributed by atoms with Gasteiger partial charge in [0.15, 0.2) is 0 Å². The summed E-state index contributed by atoms with van der Waals surface area (Å²) in [6.07, 6.45) is 0. The van der Waals surface area contributed by atoms with E-state index in [9.17, 15) is 8.42 Å². The summed E-state index contributed by atoms with van der Waals surface area (Å²) < 4.78 is 23.8. The highest BCUT2D eigenvalue weighted by molar-refractivity contribution is 14.1. The lowest BCUT2D eigenvalue weighted by Crippen LogP contribution is -2.21. The van der Waals surface area contributed by atoms with Crippen LogP contribution in [-0.2, 0) is 15.4 Å². The summed E-state index contributed by atoms with van der Waals surface area (Å²) in [7, 11) is -3.64. The molecule has 15 heavy (non-hydrogen) atoms. The Bertz CT molecular complexity index is 475. The van der Waals surface area contributed by atoms with E-state index in [1.807, 2.05) is 26.8 Å². The van der Waals surface area contributed by atoms with Crippen molar-refractivity contribution in [2.45, 2.75) is 31.1 Å². The normalized spacial score (nSPS) is 12.9. The number of rotatable bonds is 1. The molecule has 1 aromatic carbocycles. The monoisotopic (exact) mass is 339 g/mol. The highest BCUT2D eigenvalue weighted by Gasteiger charge is 2.23. The molecule has 0 amide bonds. The summed E-state index contributed by atoms with van der Waals surface area (Å²) in [5.74, 6) is 0. The Morgan fingerprint density at radius 3 is 2.20 bits per heavy atom. The molecule has 0 heterocycles. The lowest BCUT2D eigenvalue weighted by atomic mass is 9.87. The molecule has 0 saturated carbocycles. The van der Waals surface area contributed by atoms with Gasteiger partial charge in [-0.2, -0.15) is 0 Å². The number of halogens is 1. The third kappa shape index (κ3) is 3.15. The zero-order valence-electron chi connectivity index (χ0n) is 8.91. The van der Waals surface area contributed by atoms with E-state index < -0.39 is 10.0 Å². The number of hydrogen-bond donors (Lipinski definition) is 1. The van der Waals surface area contributed by atoms with Crippen molar-refractivity contribution in [2.24, 2.45) is 5.14 Å². The second-order valence-corrected chi connectivity index (χ2v) is 7.21. The summed E-state index contributed by atoms with van der Waals surface area (Å²) in [5.41, 5.74) is 0.528. The molecular weight excluding hydrogens is 325 g/mol. The van der Waals surface area contributed by atoms with Crippen LogP contribution in [0, 0.1) is 3.57 Å². The molecule has 0 aliphatic carbocycles. The molecule has 5 heteroatoms. The van der Waals surface area contributed by atoms with Gasteiger partial charge in [-0.25, -0.2) is 13.6 Å². The van der Waals surface area contributed by atoms with Crippen LogP contribution in [0.4, 0.5) is 0 Å². The highest BCUT2D eigenvalue weighted by atomic mass is 127. The fourth-order valence-electron chi connectivity index (χ4n) is 1.34. The molecule has 2 N–H and O–H groups in total. The Hall–Kier alpha value is -0.140. The minimum atomic E-state index is -3.64. The fourth-order valence-corrected chi connectivity index (χ4v) is 2.76. The van der Waals surface area contributed by atoms with Crippen LogP contribution in [0.5, 0.6) is 0 Å². The quantitative estimate of drug-likeness (QED) is 0.798. The molecule has 0 aliphatic rings. The van der Waals surface area contributed by atoms with E-state index in [1.165, 1.54) is 0 Å². The van der Waals surface area contributed by atoms with E-state index in [0.29, 0.717) is 0 Å². The predicted molar refractivity (Wildman–Crippen MR) is 69.2 cm³/mol. The van der Waals surface area contributed by atoms with E-state index in [0.717, 1.165) is 9.13 Å². The Kier molecular flexibility index (Phi) is 3.47. The van der Waals surface area contributed by atoms with Crippen molar-refractivity contribution in [2.75, 3.05) is 0 Å². The average Bonchev–Trinajstić information content (AvgIpc) is 2.00. The van der Waals surface area contributed by atoms with Gasteiger partial charge in [-0.1, -0.05) is 20.8 Å². The molecule has 0 bridgehead atoms. The summed E-state index contributed by atoms with van der Waals surface area (Å²) in [5, 5.41) is 5.17. The zero-order valence-corrected chi connectivity index (χ0v) is 11.9. The molecule has 1 aromatic rings. The van der Waals surface area contributed by atoms with Crippen molar-refractivity contribution in [1.82, 2.24) is 0 Å². The van der Waals surface area contributed by atoms with Gasteiger partial charge in [0.05, 0.1) is 4.90 Å².